The van der Waals surface area contributed by atoms with Crippen molar-refractivity contribution in [2.75, 3.05) is 5.32 Å². The number of nitrogens with zero attached hydrogens (tertiary/aromatic N) is 2. The lowest BCUT2D eigenvalue weighted by Crippen LogP contribution is -2.03. The van der Waals surface area contributed by atoms with E-state index in [2.05, 4.69) is 15.3 Å². The number of benzene rings is 1. The number of rotatable bonds is 2. The molecule has 18 heavy (non-hydrogen) atoms. The van der Waals surface area contributed by atoms with E-state index in [9.17, 15) is 8.78 Å². The summed E-state index contributed by atoms with van der Waals surface area (Å²) in [4.78, 5) is 7.66. The summed E-state index contributed by atoms with van der Waals surface area (Å²) < 4.78 is 27.4. The maximum absolute atomic E-state index is 13.8. The Morgan fingerprint density at radius 2 is 1.89 bits per heavy atom. The molecule has 0 saturated heterocycles. The van der Waals surface area contributed by atoms with Gasteiger partial charge in [-0.15, -0.1) is 0 Å². The third-order valence-corrected chi connectivity index (χ3v) is 2.65. The zero-order valence-corrected chi connectivity index (χ0v) is 10.5. The largest absolute Gasteiger partial charge is 0.335 e. The number of hydrogen-bond donors (Lipinski definition) is 1. The molecule has 0 spiro atoms. The van der Waals surface area contributed by atoms with Gasteiger partial charge in [-0.25, -0.2) is 18.7 Å². The molecular formula is C12H10ClF2N3. The maximum Gasteiger partial charge on any atom is 0.224 e. The van der Waals surface area contributed by atoms with Crippen LogP contribution in [0.5, 0.6) is 0 Å². The first-order valence-electron chi connectivity index (χ1n) is 5.20. The van der Waals surface area contributed by atoms with Crippen molar-refractivity contribution in [2.24, 2.45) is 0 Å². The van der Waals surface area contributed by atoms with Crippen LogP contribution in [0, 0.1) is 25.5 Å². The summed E-state index contributed by atoms with van der Waals surface area (Å²) in [5.41, 5.74) is 0.740. The molecular weight excluding hydrogens is 260 g/mol. The van der Waals surface area contributed by atoms with Crippen molar-refractivity contribution >= 4 is 23.1 Å². The molecule has 3 nitrogen and oxygen atoms in total. The van der Waals surface area contributed by atoms with E-state index in [4.69, 9.17) is 11.6 Å². The highest BCUT2D eigenvalue weighted by molar-refractivity contribution is 6.28. The monoisotopic (exact) mass is 269 g/mol. The van der Waals surface area contributed by atoms with Gasteiger partial charge in [-0.2, -0.15) is 0 Å². The van der Waals surface area contributed by atoms with E-state index in [0.29, 0.717) is 11.1 Å². The van der Waals surface area contributed by atoms with Crippen molar-refractivity contribution in [1.29, 1.82) is 0 Å². The van der Waals surface area contributed by atoms with Crippen molar-refractivity contribution in [3.05, 3.63) is 46.4 Å². The zero-order chi connectivity index (χ0) is 13.3. The molecule has 2 aromatic rings. The van der Waals surface area contributed by atoms with Gasteiger partial charge in [-0.3, -0.25) is 0 Å². The number of aromatic nitrogens is 2. The Labute approximate surface area is 108 Å². The van der Waals surface area contributed by atoms with E-state index in [0.717, 1.165) is 0 Å². The summed E-state index contributed by atoms with van der Waals surface area (Å²) in [6.07, 6.45) is 1.48. The fraction of sp³-hybridized carbons (Fsp3) is 0.167. The van der Waals surface area contributed by atoms with Crippen LogP contribution in [0.4, 0.5) is 20.3 Å². The molecule has 1 aromatic carbocycles. The van der Waals surface area contributed by atoms with Gasteiger partial charge in [0.1, 0.15) is 17.3 Å². The van der Waals surface area contributed by atoms with Crippen LogP contribution in [0.25, 0.3) is 0 Å². The Morgan fingerprint density at radius 3 is 2.61 bits per heavy atom. The van der Waals surface area contributed by atoms with E-state index in [1.54, 1.807) is 13.8 Å². The predicted molar refractivity (Wildman–Crippen MR) is 66.2 cm³/mol. The molecule has 0 aliphatic heterocycles. The van der Waals surface area contributed by atoms with E-state index in [-0.39, 0.29) is 16.8 Å². The van der Waals surface area contributed by atoms with E-state index < -0.39 is 11.6 Å². The van der Waals surface area contributed by atoms with Gasteiger partial charge in [0.25, 0.3) is 0 Å². The Morgan fingerprint density at radius 1 is 1.17 bits per heavy atom. The summed E-state index contributed by atoms with van der Waals surface area (Å²) in [6, 6.07) is 2.56. The highest BCUT2D eigenvalue weighted by Gasteiger charge is 2.13. The van der Waals surface area contributed by atoms with E-state index >= 15 is 0 Å². The topological polar surface area (TPSA) is 37.8 Å². The Hall–Kier alpha value is -1.75. The van der Waals surface area contributed by atoms with Gasteiger partial charge in [0.2, 0.25) is 5.28 Å². The highest BCUT2D eigenvalue weighted by atomic mass is 35.5. The molecule has 0 aliphatic carbocycles. The van der Waals surface area contributed by atoms with Crippen LogP contribution in [-0.2, 0) is 0 Å². The third-order valence-electron chi connectivity index (χ3n) is 2.47. The van der Waals surface area contributed by atoms with Gasteiger partial charge in [0, 0.05) is 11.8 Å². The molecule has 1 N–H and O–H groups in total. The Kier molecular flexibility index (Phi) is 3.43. The fourth-order valence-electron chi connectivity index (χ4n) is 1.44. The molecule has 0 unspecified atom stereocenters. The van der Waals surface area contributed by atoms with Crippen molar-refractivity contribution in [2.45, 2.75) is 13.8 Å². The lowest BCUT2D eigenvalue weighted by atomic mass is 10.2. The number of aryl methyl sites for hydroxylation is 2. The molecule has 0 bridgehead atoms. The van der Waals surface area contributed by atoms with Gasteiger partial charge in [-0.1, -0.05) is 6.07 Å². The van der Waals surface area contributed by atoms with Crippen LogP contribution in [0.15, 0.2) is 18.3 Å². The first kappa shape index (κ1) is 12.7. The van der Waals surface area contributed by atoms with Crippen LogP contribution in [0.1, 0.15) is 11.1 Å². The average molecular weight is 270 g/mol. The molecule has 1 aromatic heterocycles. The number of halogens is 3. The number of nitrogens with one attached hydrogen (secondary N) is 1. The van der Waals surface area contributed by atoms with Gasteiger partial charge in [0.05, 0.1) is 0 Å². The second-order valence-corrected chi connectivity index (χ2v) is 4.19. The van der Waals surface area contributed by atoms with Gasteiger partial charge >= 0.3 is 0 Å². The predicted octanol–water partition coefficient (Wildman–Crippen LogP) is 3.77. The fourth-order valence-corrected chi connectivity index (χ4v) is 1.57. The molecule has 0 saturated carbocycles. The van der Waals surface area contributed by atoms with Crippen LogP contribution in [0.3, 0.4) is 0 Å². The maximum atomic E-state index is 13.8. The van der Waals surface area contributed by atoms with E-state index in [1.165, 1.54) is 18.3 Å². The molecule has 0 fully saturated rings. The van der Waals surface area contributed by atoms with Crippen LogP contribution >= 0.6 is 11.6 Å². The second-order valence-electron chi connectivity index (χ2n) is 3.85. The summed E-state index contributed by atoms with van der Waals surface area (Å²) in [6.45, 7) is 3.27. The molecule has 0 atom stereocenters. The summed E-state index contributed by atoms with van der Waals surface area (Å²) in [5, 5.41) is 2.62. The van der Waals surface area contributed by atoms with Crippen LogP contribution in [-0.4, -0.2) is 9.97 Å². The normalized spacial score (nSPS) is 10.5. The number of anilines is 2. The van der Waals surface area contributed by atoms with Crippen LogP contribution < -0.4 is 5.32 Å². The van der Waals surface area contributed by atoms with Crippen LogP contribution in [0.2, 0.25) is 5.28 Å². The summed E-state index contributed by atoms with van der Waals surface area (Å²) in [5.74, 6) is -1.06. The van der Waals surface area contributed by atoms with Gasteiger partial charge in [0.15, 0.2) is 5.82 Å². The van der Waals surface area contributed by atoms with Crippen molar-refractivity contribution < 1.29 is 8.78 Å². The van der Waals surface area contributed by atoms with Gasteiger partial charge < -0.3 is 5.32 Å². The lowest BCUT2D eigenvalue weighted by molar-refractivity contribution is 0.584. The van der Waals surface area contributed by atoms with E-state index in [1.807, 2.05) is 0 Å². The Bertz CT molecular complexity index is 602. The first-order valence-corrected chi connectivity index (χ1v) is 5.57. The minimum absolute atomic E-state index is 0.0107. The highest BCUT2D eigenvalue weighted by Crippen LogP contribution is 2.26. The summed E-state index contributed by atoms with van der Waals surface area (Å²) >= 11 is 5.64. The minimum Gasteiger partial charge on any atom is -0.335 e. The standard InChI is InChI=1S/C12H10ClF2N3/c1-6-3-4-8(14)10(9(6)15)17-11-7(2)5-16-12(13)18-11/h3-5H,1-2H3,(H,16,17,18). The SMILES string of the molecule is Cc1cnc(Cl)nc1Nc1c(F)ccc(C)c1F. The first-order chi connectivity index (χ1) is 8.49. The zero-order valence-electron chi connectivity index (χ0n) is 9.76. The number of hydrogen-bond acceptors (Lipinski definition) is 3. The second kappa shape index (κ2) is 4.86. The molecule has 2 rings (SSSR count). The summed E-state index contributed by atoms with van der Waals surface area (Å²) in [7, 11) is 0. The Balaban J connectivity index is 2.46. The quantitative estimate of drug-likeness (QED) is 0.844. The molecule has 6 heteroatoms. The smallest absolute Gasteiger partial charge is 0.224 e. The molecule has 1 heterocycles. The van der Waals surface area contributed by atoms with Crippen molar-refractivity contribution in [3.63, 3.8) is 0 Å². The van der Waals surface area contributed by atoms with Gasteiger partial charge in [-0.05, 0) is 37.1 Å². The molecule has 0 radical (unpaired) electrons. The molecule has 94 valence electrons. The minimum atomic E-state index is -0.688. The molecule has 0 aliphatic rings. The third kappa shape index (κ3) is 2.41. The van der Waals surface area contributed by atoms with Crippen molar-refractivity contribution in [3.8, 4) is 0 Å². The lowest BCUT2D eigenvalue weighted by Gasteiger charge is -2.11. The average Bonchev–Trinajstić information content (AvgIpc) is 2.34. The van der Waals surface area contributed by atoms with Crippen molar-refractivity contribution in [1.82, 2.24) is 9.97 Å². The molecule has 0 amide bonds.